The second kappa shape index (κ2) is 6.49. The van der Waals surface area contributed by atoms with E-state index in [9.17, 15) is 23.1 Å². The first-order valence-corrected chi connectivity index (χ1v) is 7.14. The van der Waals surface area contributed by atoms with Crippen molar-refractivity contribution in [1.82, 2.24) is 0 Å². The maximum Gasteiger partial charge on any atom is 1.00 e. The van der Waals surface area contributed by atoms with Gasteiger partial charge in [0.25, 0.3) is 0 Å². The minimum Gasteiger partial charge on any atom is -0.545 e. The van der Waals surface area contributed by atoms with Crippen molar-refractivity contribution in [2.45, 2.75) is 44.4 Å². The molecule has 1 fully saturated rings. The van der Waals surface area contributed by atoms with Crippen molar-refractivity contribution in [1.29, 1.82) is 0 Å². The van der Waals surface area contributed by atoms with Gasteiger partial charge >= 0.3 is 35.7 Å². The first kappa shape index (κ1) is 18.4. The molecule has 1 atom stereocenters. The predicted octanol–water partition coefficient (Wildman–Crippen LogP) is -0.413. The number of benzene rings is 1. The van der Waals surface area contributed by atoms with Crippen molar-refractivity contribution in [2.75, 3.05) is 0 Å². The number of aryl methyl sites for hydroxylation is 1. The number of alkyl halides is 3. The molecule has 0 saturated heterocycles. The Balaban J connectivity index is 0.00000192. The largest absolute Gasteiger partial charge is 1.00 e. The minimum absolute atomic E-state index is 0. The number of carbonyl (C=O) groups is 1. The Labute approximate surface area is 153 Å². The van der Waals surface area contributed by atoms with Crippen LogP contribution >= 0.6 is 0 Å². The zero-order valence-corrected chi connectivity index (χ0v) is 14.9. The van der Waals surface area contributed by atoms with Gasteiger partial charge in [-0.25, -0.2) is 0 Å². The SMILES string of the molecule is CCc1cc2c(c(C3CC3)c1)OC(C(F)(F)F)C(C(=O)[O-])=C2.[Na+]. The van der Waals surface area contributed by atoms with E-state index >= 15 is 0 Å². The molecule has 3 nitrogen and oxygen atoms in total. The summed E-state index contributed by atoms with van der Waals surface area (Å²) in [4.78, 5) is 11.0. The summed E-state index contributed by atoms with van der Waals surface area (Å²) in [6.45, 7) is 1.93. The smallest absolute Gasteiger partial charge is 0.545 e. The van der Waals surface area contributed by atoms with Gasteiger partial charge in [-0.15, -0.1) is 0 Å². The normalized spacial score (nSPS) is 20.0. The van der Waals surface area contributed by atoms with Crippen molar-refractivity contribution in [2.24, 2.45) is 0 Å². The molecule has 0 radical (unpaired) electrons. The van der Waals surface area contributed by atoms with Crippen LogP contribution in [0.1, 0.15) is 42.4 Å². The molecular weight excluding hydrogens is 320 g/mol. The number of aliphatic carboxylic acids is 1. The summed E-state index contributed by atoms with van der Waals surface area (Å²) < 4.78 is 44.3. The molecule has 1 aliphatic carbocycles. The van der Waals surface area contributed by atoms with Gasteiger partial charge < -0.3 is 14.6 Å². The Hall–Kier alpha value is -0.980. The van der Waals surface area contributed by atoms with Gasteiger partial charge in [0.15, 0.2) is 0 Å². The third kappa shape index (κ3) is 3.59. The third-order valence-corrected chi connectivity index (χ3v) is 3.99. The number of carboxylic acids is 1. The van der Waals surface area contributed by atoms with E-state index in [1.807, 2.05) is 13.0 Å². The number of rotatable bonds is 3. The van der Waals surface area contributed by atoms with Crippen LogP contribution in [-0.4, -0.2) is 18.2 Å². The number of fused-ring (bicyclic) bond motifs is 1. The van der Waals surface area contributed by atoms with Gasteiger partial charge in [-0.2, -0.15) is 13.2 Å². The van der Waals surface area contributed by atoms with Gasteiger partial charge in [-0.05, 0) is 48.4 Å². The zero-order chi connectivity index (χ0) is 16.1. The molecule has 0 aromatic heterocycles. The number of hydrogen-bond acceptors (Lipinski definition) is 3. The van der Waals surface area contributed by atoms with Crippen LogP contribution in [0.4, 0.5) is 13.2 Å². The van der Waals surface area contributed by atoms with E-state index in [4.69, 9.17) is 4.74 Å². The quantitative estimate of drug-likeness (QED) is 0.706. The van der Waals surface area contributed by atoms with Gasteiger partial charge in [0.05, 0.1) is 5.97 Å². The maximum absolute atomic E-state index is 13.1. The molecule has 0 N–H and O–H groups in total. The molecule has 3 rings (SSSR count). The van der Waals surface area contributed by atoms with E-state index < -0.39 is 23.8 Å². The van der Waals surface area contributed by atoms with E-state index in [-0.39, 0.29) is 41.2 Å². The average molecular weight is 334 g/mol. The van der Waals surface area contributed by atoms with Crippen molar-refractivity contribution in [3.8, 4) is 5.75 Å². The Morgan fingerprint density at radius 3 is 2.48 bits per heavy atom. The standard InChI is InChI=1S/C16H15F3O3.Na/c1-2-8-5-10-7-12(15(20)21)14(16(17,18)19)22-13(10)11(6-8)9-3-4-9;/h5-7,9,14H,2-4H2,1H3,(H,20,21);/q;+1/p-1. The molecule has 1 unspecified atom stereocenters. The van der Waals surface area contributed by atoms with Crippen molar-refractivity contribution in [3.63, 3.8) is 0 Å². The average Bonchev–Trinajstić information content (AvgIpc) is 3.28. The van der Waals surface area contributed by atoms with Crippen molar-refractivity contribution >= 4 is 12.0 Å². The summed E-state index contributed by atoms with van der Waals surface area (Å²) in [5.74, 6) is -1.50. The fourth-order valence-electron chi connectivity index (χ4n) is 2.72. The second-order valence-corrected chi connectivity index (χ2v) is 5.66. The fourth-order valence-corrected chi connectivity index (χ4v) is 2.72. The number of carbonyl (C=O) groups excluding carboxylic acids is 1. The van der Waals surface area contributed by atoms with Gasteiger partial charge in [0, 0.05) is 11.1 Å². The summed E-state index contributed by atoms with van der Waals surface area (Å²) in [5.41, 5.74) is 1.21. The van der Waals surface area contributed by atoms with Crippen LogP contribution in [0.15, 0.2) is 17.7 Å². The summed E-state index contributed by atoms with van der Waals surface area (Å²) in [7, 11) is 0. The summed E-state index contributed by atoms with van der Waals surface area (Å²) in [5, 5.41) is 11.0. The Morgan fingerprint density at radius 2 is 2.00 bits per heavy atom. The molecule has 23 heavy (non-hydrogen) atoms. The molecule has 0 amide bonds. The van der Waals surface area contributed by atoms with Crippen LogP contribution in [0, 0.1) is 0 Å². The van der Waals surface area contributed by atoms with Gasteiger partial charge in [0.2, 0.25) is 6.10 Å². The van der Waals surface area contributed by atoms with Gasteiger partial charge in [0.1, 0.15) is 5.75 Å². The number of carboxylic acid groups (broad SMARTS) is 1. The zero-order valence-electron chi connectivity index (χ0n) is 12.9. The second-order valence-electron chi connectivity index (χ2n) is 5.66. The first-order valence-electron chi connectivity index (χ1n) is 7.14. The third-order valence-electron chi connectivity index (χ3n) is 3.99. The fraction of sp³-hybridized carbons (Fsp3) is 0.438. The van der Waals surface area contributed by atoms with Gasteiger partial charge in [-0.3, -0.25) is 0 Å². The monoisotopic (exact) mass is 334 g/mol. The molecule has 1 aromatic rings. The summed E-state index contributed by atoms with van der Waals surface area (Å²) in [6.07, 6.45) is -3.70. The Bertz CT molecular complexity index is 663. The van der Waals surface area contributed by atoms with Crippen molar-refractivity contribution < 1.29 is 57.4 Å². The number of hydrogen-bond donors (Lipinski definition) is 0. The minimum atomic E-state index is -4.80. The van der Waals surface area contributed by atoms with E-state index in [2.05, 4.69) is 0 Å². The van der Waals surface area contributed by atoms with Gasteiger partial charge in [-0.1, -0.05) is 13.0 Å². The topological polar surface area (TPSA) is 49.4 Å². The summed E-state index contributed by atoms with van der Waals surface area (Å²) in [6, 6.07) is 3.54. The molecule has 2 aliphatic rings. The van der Waals surface area contributed by atoms with Crippen molar-refractivity contribution in [3.05, 3.63) is 34.4 Å². The van der Waals surface area contributed by atoms with Crippen LogP contribution in [0.2, 0.25) is 0 Å². The molecule has 1 saturated carbocycles. The van der Waals surface area contributed by atoms with Crippen LogP contribution in [0.3, 0.4) is 0 Å². The molecule has 0 bridgehead atoms. The summed E-state index contributed by atoms with van der Waals surface area (Å²) >= 11 is 0. The molecule has 1 aliphatic heterocycles. The van der Waals surface area contributed by atoms with E-state index in [0.29, 0.717) is 12.0 Å². The molecule has 7 heteroatoms. The van der Waals surface area contributed by atoms with E-state index in [1.54, 1.807) is 6.07 Å². The van der Waals surface area contributed by atoms with E-state index in [1.165, 1.54) is 0 Å². The molecular formula is C16H14F3NaO3. The Morgan fingerprint density at radius 1 is 1.35 bits per heavy atom. The Kier molecular flexibility index (Phi) is 5.18. The predicted molar refractivity (Wildman–Crippen MR) is 71.3 cm³/mol. The van der Waals surface area contributed by atoms with Crippen LogP contribution in [-0.2, 0) is 11.2 Å². The molecule has 0 spiro atoms. The molecule has 118 valence electrons. The first-order chi connectivity index (χ1) is 10.3. The van der Waals surface area contributed by atoms with Crippen LogP contribution < -0.4 is 39.4 Å². The van der Waals surface area contributed by atoms with Crippen LogP contribution in [0.5, 0.6) is 5.75 Å². The van der Waals surface area contributed by atoms with E-state index in [0.717, 1.165) is 30.0 Å². The molecule has 1 aromatic carbocycles. The molecule has 1 heterocycles. The maximum atomic E-state index is 13.1. The number of ether oxygens (including phenoxy) is 1. The number of halogens is 3. The van der Waals surface area contributed by atoms with Crippen LogP contribution in [0.25, 0.3) is 6.08 Å².